The number of nitrogens with zero attached hydrogens (tertiary/aromatic N) is 1. The van der Waals surface area contributed by atoms with E-state index in [9.17, 15) is 14.0 Å². The Bertz CT molecular complexity index is 1000. The molecule has 0 saturated heterocycles. The summed E-state index contributed by atoms with van der Waals surface area (Å²) in [6, 6.07) is 17.1. The summed E-state index contributed by atoms with van der Waals surface area (Å²) in [5, 5.41) is 9.71. The quantitative estimate of drug-likeness (QED) is 0.863. The molecule has 2 aromatic carbocycles. The third-order valence-electron chi connectivity index (χ3n) is 4.07. The van der Waals surface area contributed by atoms with Gasteiger partial charge in [0.2, 0.25) is 0 Å². The van der Waals surface area contributed by atoms with E-state index >= 15 is 0 Å². The minimum atomic E-state index is -3.63. The van der Waals surface area contributed by atoms with E-state index < -0.39 is 15.6 Å². The van der Waals surface area contributed by atoms with Crippen molar-refractivity contribution in [3.8, 4) is 11.8 Å². The van der Waals surface area contributed by atoms with Crippen LogP contribution in [0.25, 0.3) is 5.57 Å². The van der Waals surface area contributed by atoms with Crippen LogP contribution in [0, 0.1) is 16.1 Å². The predicted octanol–water partition coefficient (Wildman–Crippen LogP) is 4.20. The van der Waals surface area contributed by atoms with Crippen LogP contribution in [0.3, 0.4) is 0 Å². The summed E-state index contributed by atoms with van der Waals surface area (Å²) in [5.41, 5.74) is 2.73. The zero-order valence-electron chi connectivity index (χ0n) is 13.9. The van der Waals surface area contributed by atoms with Gasteiger partial charge in [-0.25, -0.2) is 8.99 Å². The first-order valence-electron chi connectivity index (χ1n) is 7.73. The second kappa shape index (κ2) is 6.03. The summed E-state index contributed by atoms with van der Waals surface area (Å²) in [4.78, 5) is 0. The van der Waals surface area contributed by atoms with Crippen LogP contribution in [0.15, 0.2) is 54.1 Å². The first-order chi connectivity index (χ1) is 11.7. The van der Waals surface area contributed by atoms with Crippen LogP contribution in [0.2, 0.25) is 0 Å². The van der Waals surface area contributed by atoms with Gasteiger partial charge in [0, 0.05) is 11.1 Å². The maximum absolute atomic E-state index is 11.4. The smallest absolute Gasteiger partial charge is 0.162 e. The first kappa shape index (κ1) is 17.2. The van der Waals surface area contributed by atoms with Crippen LogP contribution in [-0.2, 0) is 15.8 Å². The average molecular weight is 354 g/mol. The third kappa shape index (κ3) is 3.43. The van der Waals surface area contributed by atoms with Crippen LogP contribution in [0.1, 0.15) is 30.5 Å². The van der Waals surface area contributed by atoms with Gasteiger partial charge in [0.1, 0.15) is 11.4 Å². The van der Waals surface area contributed by atoms with Gasteiger partial charge in [-0.05, 0) is 31.0 Å². The standard InChI is InChI=1S/C19H18N2O3S/c1-19(2)16(11-20)18(14-6-4-3-5-7-14)15-9-8-13(10-17(15)24-19)12-25(21,22)23/h3-10H,12H2,1-2H3,(H2,21,22,23). The monoisotopic (exact) mass is 354 g/mol. The van der Waals surface area contributed by atoms with E-state index in [1.54, 1.807) is 18.2 Å². The zero-order chi connectivity index (χ0) is 18.2. The number of benzene rings is 2. The summed E-state index contributed by atoms with van der Waals surface area (Å²) < 4.78 is 33.9. The van der Waals surface area contributed by atoms with Crippen molar-refractivity contribution in [2.75, 3.05) is 0 Å². The van der Waals surface area contributed by atoms with Gasteiger partial charge in [-0.2, -0.15) is 5.26 Å². The average Bonchev–Trinajstić information content (AvgIpc) is 2.52. The SMILES string of the molecule is CC1(C)Oc2cc(CS(=N)(=O)O)ccc2C(c2ccccc2)=C1C#N. The molecule has 2 aromatic rings. The second-order valence-corrected chi connectivity index (χ2v) is 8.03. The predicted molar refractivity (Wildman–Crippen MR) is 96.4 cm³/mol. The lowest BCUT2D eigenvalue weighted by molar-refractivity contribution is 0.149. The van der Waals surface area contributed by atoms with E-state index in [1.165, 1.54) is 0 Å². The van der Waals surface area contributed by atoms with Crippen LogP contribution in [0.4, 0.5) is 0 Å². The molecule has 1 aliphatic rings. The summed E-state index contributed by atoms with van der Waals surface area (Å²) in [7, 11) is -3.63. The zero-order valence-corrected chi connectivity index (χ0v) is 14.8. The molecule has 128 valence electrons. The molecule has 0 radical (unpaired) electrons. The number of hydrogen-bond donors (Lipinski definition) is 2. The minimum absolute atomic E-state index is 0.264. The highest BCUT2D eigenvalue weighted by Gasteiger charge is 2.36. The molecule has 0 fully saturated rings. The molecule has 0 saturated carbocycles. The van der Waals surface area contributed by atoms with E-state index in [4.69, 9.17) is 9.52 Å². The Morgan fingerprint density at radius 2 is 1.92 bits per heavy atom. The molecule has 0 bridgehead atoms. The Hall–Kier alpha value is -2.62. The molecule has 1 heterocycles. The maximum Gasteiger partial charge on any atom is 0.162 e. The highest BCUT2D eigenvalue weighted by atomic mass is 32.2. The number of fused-ring (bicyclic) bond motifs is 1. The van der Waals surface area contributed by atoms with E-state index in [0.717, 1.165) is 16.7 Å². The lowest BCUT2D eigenvalue weighted by Gasteiger charge is -2.34. The lowest BCUT2D eigenvalue weighted by Crippen LogP contribution is -2.34. The molecule has 6 heteroatoms. The Labute approximate surface area is 147 Å². The van der Waals surface area contributed by atoms with Gasteiger partial charge >= 0.3 is 0 Å². The van der Waals surface area contributed by atoms with Crippen LogP contribution in [-0.4, -0.2) is 14.4 Å². The summed E-state index contributed by atoms with van der Waals surface area (Å²) >= 11 is 0. The van der Waals surface area contributed by atoms with Crippen LogP contribution >= 0.6 is 0 Å². The topological polar surface area (TPSA) is 94.2 Å². The number of hydrogen-bond acceptors (Lipinski definition) is 4. The molecule has 0 aromatic heterocycles. The van der Waals surface area contributed by atoms with Crippen molar-refractivity contribution in [3.05, 3.63) is 70.8 Å². The van der Waals surface area contributed by atoms with Crippen LogP contribution in [0.5, 0.6) is 5.75 Å². The summed E-state index contributed by atoms with van der Waals surface area (Å²) in [6.07, 6.45) is 0. The Morgan fingerprint density at radius 3 is 2.52 bits per heavy atom. The van der Waals surface area contributed by atoms with Gasteiger partial charge < -0.3 is 9.29 Å². The number of ether oxygens (including phenoxy) is 1. The maximum atomic E-state index is 11.4. The highest BCUT2D eigenvalue weighted by Crippen LogP contribution is 2.44. The van der Waals surface area contributed by atoms with Gasteiger partial charge in [-0.1, -0.05) is 42.5 Å². The number of nitrogens with one attached hydrogen (secondary N) is 1. The van der Waals surface area contributed by atoms with Crippen molar-refractivity contribution in [1.82, 2.24) is 0 Å². The molecule has 1 aliphatic heterocycles. The van der Waals surface area contributed by atoms with Crippen molar-refractivity contribution in [1.29, 1.82) is 10.0 Å². The van der Waals surface area contributed by atoms with Gasteiger partial charge in [-0.3, -0.25) is 0 Å². The number of nitriles is 1. The lowest BCUT2D eigenvalue weighted by atomic mass is 9.83. The normalized spacial score (nSPS) is 17.8. The molecule has 0 aliphatic carbocycles. The summed E-state index contributed by atoms with van der Waals surface area (Å²) in [6.45, 7) is 3.65. The van der Waals surface area contributed by atoms with E-state index in [-0.39, 0.29) is 5.75 Å². The fourth-order valence-electron chi connectivity index (χ4n) is 3.03. The van der Waals surface area contributed by atoms with Crippen molar-refractivity contribution in [3.63, 3.8) is 0 Å². The van der Waals surface area contributed by atoms with Gasteiger partial charge in [0.25, 0.3) is 0 Å². The third-order valence-corrected chi connectivity index (χ3v) is 4.79. The minimum Gasteiger partial charge on any atom is -0.482 e. The van der Waals surface area contributed by atoms with Crippen molar-refractivity contribution >= 4 is 15.6 Å². The van der Waals surface area contributed by atoms with Gasteiger partial charge in [0.15, 0.2) is 10.0 Å². The number of rotatable bonds is 3. The van der Waals surface area contributed by atoms with Crippen LogP contribution < -0.4 is 4.74 Å². The molecule has 5 nitrogen and oxygen atoms in total. The molecular formula is C19H18N2O3S. The van der Waals surface area contributed by atoms with Crippen molar-refractivity contribution < 1.29 is 13.5 Å². The van der Waals surface area contributed by atoms with Crippen molar-refractivity contribution in [2.45, 2.75) is 25.2 Å². The largest absolute Gasteiger partial charge is 0.482 e. The Morgan fingerprint density at radius 1 is 1.24 bits per heavy atom. The highest BCUT2D eigenvalue weighted by molar-refractivity contribution is 7.86. The van der Waals surface area contributed by atoms with E-state index in [2.05, 4.69) is 6.07 Å². The summed E-state index contributed by atoms with van der Waals surface area (Å²) in [5.74, 6) is 0.281. The molecule has 0 amide bonds. The molecule has 0 spiro atoms. The first-order valence-corrected chi connectivity index (χ1v) is 9.41. The van der Waals surface area contributed by atoms with Crippen molar-refractivity contribution in [2.24, 2.45) is 0 Å². The molecule has 1 atom stereocenters. The fraction of sp³-hybridized carbons (Fsp3) is 0.211. The van der Waals surface area contributed by atoms with Gasteiger partial charge in [-0.15, -0.1) is 0 Å². The van der Waals surface area contributed by atoms with E-state index in [0.29, 0.717) is 16.9 Å². The van der Waals surface area contributed by atoms with E-state index in [1.807, 2.05) is 44.2 Å². The fourth-order valence-corrected chi connectivity index (χ4v) is 3.66. The van der Waals surface area contributed by atoms with Gasteiger partial charge in [0.05, 0.1) is 17.4 Å². The molecule has 1 unspecified atom stereocenters. The Balaban J connectivity index is 2.23. The molecule has 25 heavy (non-hydrogen) atoms. The Kier molecular flexibility index (Phi) is 4.15. The molecule has 2 N–H and O–H groups in total. The second-order valence-electron chi connectivity index (χ2n) is 6.46. The molecular weight excluding hydrogens is 336 g/mol. The molecule has 3 rings (SSSR count).